The largest absolute Gasteiger partial charge is 0.420 e. The van der Waals surface area contributed by atoms with Crippen LogP contribution < -0.4 is 5.76 Å². The van der Waals surface area contributed by atoms with Gasteiger partial charge in [-0.3, -0.25) is 14.5 Å². The molecule has 1 aliphatic carbocycles. The quantitative estimate of drug-likeness (QED) is 0.733. The molecule has 1 fully saturated rings. The number of amides is 1. The Labute approximate surface area is 159 Å². The number of carbonyl (C=O) groups excluding carboxylic acids is 1. The molecule has 3 heterocycles. The Morgan fingerprint density at radius 2 is 2.19 bits per heavy atom. The highest BCUT2D eigenvalue weighted by molar-refractivity contribution is 6.31. The lowest BCUT2D eigenvalue weighted by Gasteiger charge is -2.32. The van der Waals surface area contributed by atoms with Gasteiger partial charge in [0.25, 0.3) is 5.91 Å². The number of oxazole rings is 1. The van der Waals surface area contributed by atoms with Gasteiger partial charge in [-0.2, -0.15) is 5.10 Å². The van der Waals surface area contributed by atoms with Crippen LogP contribution in [0, 0.1) is 0 Å². The minimum atomic E-state index is -0.410. The van der Waals surface area contributed by atoms with E-state index in [0.29, 0.717) is 34.9 Å². The molecule has 0 spiro atoms. The molecule has 140 valence electrons. The molecule has 1 aliphatic heterocycles. The van der Waals surface area contributed by atoms with Gasteiger partial charge < -0.3 is 9.32 Å². The molecule has 1 atom stereocenters. The second-order valence-electron chi connectivity index (χ2n) is 7.28. The number of aryl methyl sites for hydroxylation is 1. The van der Waals surface area contributed by atoms with Gasteiger partial charge in [0.1, 0.15) is 0 Å². The zero-order valence-electron chi connectivity index (χ0n) is 14.7. The minimum absolute atomic E-state index is 0.0574. The Bertz CT molecular complexity index is 1100. The number of rotatable bonds is 2. The van der Waals surface area contributed by atoms with Gasteiger partial charge in [0, 0.05) is 29.4 Å². The molecule has 1 amide bonds. The van der Waals surface area contributed by atoms with E-state index in [0.717, 1.165) is 43.4 Å². The van der Waals surface area contributed by atoms with Gasteiger partial charge in [-0.25, -0.2) is 4.79 Å². The van der Waals surface area contributed by atoms with Gasteiger partial charge in [-0.15, -0.1) is 0 Å². The van der Waals surface area contributed by atoms with Gasteiger partial charge in [0.2, 0.25) is 0 Å². The Morgan fingerprint density at radius 3 is 3.07 bits per heavy atom. The van der Waals surface area contributed by atoms with E-state index >= 15 is 0 Å². The number of nitrogens with zero attached hydrogens (tertiary/aromatic N) is 3. The monoisotopic (exact) mass is 386 g/mol. The molecule has 7 nitrogen and oxygen atoms in total. The summed E-state index contributed by atoms with van der Waals surface area (Å²) >= 11 is 6.11. The van der Waals surface area contributed by atoms with E-state index in [1.54, 1.807) is 27.7 Å². The predicted octanol–water partition coefficient (Wildman–Crippen LogP) is 2.94. The van der Waals surface area contributed by atoms with Crippen molar-refractivity contribution in [3.8, 4) is 0 Å². The minimum Gasteiger partial charge on any atom is -0.408 e. The summed E-state index contributed by atoms with van der Waals surface area (Å²) in [6, 6.07) is 5.01. The molecule has 1 saturated heterocycles. The molecule has 0 saturated carbocycles. The summed E-state index contributed by atoms with van der Waals surface area (Å²) < 4.78 is 7.00. The van der Waals surface area contributed by atoms with Crippen molar-refractivity contribution in [3.63, 3.8) is 0 Å². The van der Waals surface area contributed by atoms with Gasteiger partial charge >= 0.3 is 5.76 Å². The summed E-state index contributed by atoms with van der Waals surface area (Å²) in [5.41, 5.74) is 3.86. The summed E-state index contributed by atoms with van der Waals surface area (Å²) in [6.07, 6.45) is 4.54. The van der Waals surface area contributed by atoms with Crippen LogP contribution in [0.25, 0.3) is 11.1 Å². The molecule has 0 radical (unpaired) electrons. The summed E-state index contributed by atoms with van der Waals surface area (Å²) in [4.78, 5) is 27.3. The van der Waals surface area contributed by atoms with Crippen molar-refractivity contribution >= 4 is 28.6 Å². The second-order valence-corrected chi connectivity index (χ2v) is 7.72. The number of aromatic amines is 1. The van der Waals surface area contributed by atoms with E-state index in [-0.39, 0.29) is 11.9 Å². The number of piperidine rings is 1. The Balaban J connectivity index is 1.46. The Morgan fingerprint density at radius 1 is 1.30 bits per heavy atom. The normalized spacial score (nSPS) is 19.6. The van der Waals surface area contributed by atoms with Crippen molar-refractivity contribution in [2.45, 2.75) is 38.1 Å². The number of fused-ring (bicyclic) bond motifs is 2. The maximum Gasteiger partial charge on any atom is 0.420 e. The molecule has 3 aromatic rings. The zero-order valence-corrected chi connectivity index (χ0v) is 15.5. The number of carbonyl (C=O) groups is 1. The molecule has 2 aromatic heterocycles. The number of hydrogen-bond acceptors (Lipinski definition) is 4. The average molecular weight is 387 g/mol. The van der Waals surface area contributed by atoms with Crippen LogP contribution in [0.15, 0.2) is 27.4 Å². The fourth-order valence-electron chi connectivity index (χ4n) is 4.35. The molecule has 8 heteroatoms. The number of benzene rings is 1. The first kappa shape index (κ1) is 16.6. The van der Waals surface area contributed by atoms with Crippen molar-refractivity contribution in [1.82, 2.24) is 19.7 Å². The molecule has 0 unspecified atom stereocenters. The molecule has 27 heavy (non-hydrogen) atoms. The van der Waals surface area contributed by atoms with Crippen LogP contribution in [-0.4, -0.2) is 38.7 Å². The summed E-state index contributed by atoms with van der Waals surface area (Å²) in [6.45, 7) is 1.13. The van der Waals surface area contributed by atoms with Gasteiger partial charge in [-0.1, -0.05) is 11.6 Å². The highest BCUT2D eigenvalue weighted by Gasteiger charge is 2.31. The van der Waals surface area contributed by atoms with E-state index < -0.39 is 5.76 Å². The third-order valence-corrected chi connectivity index (χ3v) is 5.87. The fourth-order valence-corrected chi connectivity index (χ4v) is 4.51. The van der Waals surface area contributed by atoms with Crippen LogP contribution in [0.3, 0.4) is 0 Å². The Hall–Kier alpha value is -2.54. The van der Waals surface area contributed by atoms with Crippen molar-refractivity contribution < 1.29 is 9.21 Å². The first-order valence-electron chi connectivity index (χ1n) is 9.28. The van der Waals surface area contributed by atoms with E-state index in [9.17, 15) is 9.59 Å². The van der Waals surface area contributed by atoms with Gasteiger partial charge in [0.15, 0.2) is 11.3 Å². The maximum atomic E-state index is 13.0. The van der Waals surface area contributed by atoms with Crippen LogP contribution in [-0.2, 0) is 12.8 Å². The molecular weight excluding hydrogens is 368 g/mol. The number of likely N-dealkylation sites (tertiary alicyclic amines) is 1. The summed E-state index contributed by atoms with van der Waals surface area (Å²) in [5.74, 6) is -0.467. The lowest BCUT2D eigenvalue weighted by molar-refractivity contribution is 0.0670. The molecule has 0 bridgehead atoms. The molecule has 2 aliphatic rings. The van der Waals surface area contributed by atoms with Crippen molar-refractivity contribution in [2.75, 3.05) is 13.1 Å². The highest BCUT2D eigenvalue weighted by Crippen LogP contribution is 2.29. The number of H-pyrrole nitrogens is 1. The third kappa shape index (κ3) is 2.68. The number of nitrogens with one attached hydrogen (secondary N) is 1. The molecular formula is C19H19ClN4O3. The van der Waals surface area contributed by atoms with Gasteiger partial charge in [-0.05, 0) is 50.3 Å². The zero-order chi connectivity index (χ0) is 18.5. The van der Waals surface area contributed by atoms with Crippen LogP contribution in [0.1, 0.15) is 47.1 Å². The number of aromatic nitrogens is 3. The standard InChI is InChI=1S/C19H19ClN4O3/c20-11-6-7-16-15(9-11)24(19(26)27-16)12-3-2-8-23(10-12)18(25)17-13-4-1-5-14(13)21-22-17/h6-7,9,12H,1-5,8,10H2,(H,21,22)/t12-/m0/s1. The van der Waals surface area contributed by atoms with E-state index in [1.165, 1.54) is 0 Å². The maximum absolute atomic E-state index is 13.0. The third-order valence-electron chi connectivity index (χ3n) is 5.63. The average Bonchev–Trinajstić information content (AvgIpc) is 3.34. The number of hydrogen-bond donors (Lipinski definition) is 1. The van der Waals surface area contributed by atoms with Gasteiger partial charge in [0.05, 0.1) is 11.6 Å². The Kier molecular flexibility index (Phi) is 3.86. The van der Waals surface area contributed by atoms with Crippen LogP contribution in [0.5, 0.6) is 0 Å². The summed E-state index contributed by atoms with van der Waals surface area (Å²) in [7, 11) is 0. The van der Waals surface area contributed by atoms with Crippen molar-refractivity contribution in [2.24, 2.45) is 0 Å². The molecule has 1 N–H and O–H groups in total. The predicted molar refractivity (Wildman–Crippen MR) is 100 cm³/mol. The lowest BCUT2D eigenvalue weighted by atomic mass is 10.0. The number of halogens is 1. The lowest BCUT2D eigenvalue weighted by Crippen LogP contribution is -2.42. The first-order chi connectivity index (χ1) is 13.1. The van der Waals surface area contributed by atoms with E-state index in [4.69, 9.17) is 16.0 Å². The topological polar surface area (TPSA) is 84.1 Å². The molecule has 5 rings (SSSR count). The summed E-state index contributed by atoms with van der Waals surface area (Å²) in [5, 5.41) is 7.81. The highest BCUT2D eigenvalue weighted by atomic mass is 35.5. The van der Waals surface area contributed by atoms with Crippen LogP contribution >= 0.6 is 11.6 Å². The SMILES string of the molecule is O=C(c1n[nH]c2c1CCC2)N1CCC[C@H](n2c(=O)oc3ccc(Cl)cc32)C1. The van der Waals surface area contributed by atoms with E-state index in [2.05, 4.69) is 10.2 Å². The van der Waals surface area contributed by atoms with Crippen LogP contribution in [0.2, 0.25) is 5.02 Å². The second kappa shape index (κ2) is 6.27. The smallest absolute Gasteiger partial charge is 0.408 e. The van der Waals surface area contributed by atoms with Crippen molar-refractivity contribution in [1.29, 1.82) is 0 Å². The fraction of sp³-hybridized carbons (Fsp3) is 0.421. The van der Waals surface area contributed by atoms with E-state index in [1.807, 2.05) is 0 Å². The van der Waals surface area contributed by atoms with Crippen molar-refractivity contribution in [3.05, 3.63) is 50.7 Å². The van der Waals surface area contributed by atoms with Crippen LogP contribution in [0.4, 0.5) is 0 Å². The molecule has 1 aromatic carbocycles. The first-order valence-corrected chi connectivity index (χ1v) is 9.65.